The van der Waals surface area contributed by atoms with Crippen LogP contribution in [0, 0.1) is 0 Å². The van der Waals surface area contributed by atoms with Gasteiger partial charge in [-0.3, -0.25) is 0 Å². The minimum Gasteiger partial charge on any atom is -0.310 e. The number of fused-ring (bicyclic) bond motifs is 15. The van der Waals surface area contributed by atoms with E-state index in [1.54, 1.807) is 0 Å². The van der Waals surface area contributed by atoms with E-state index in [2.05, 4.69) is 272 Å². The van der Waals surface area contributed by atoms with Crippen LogP contribution in [0.2, 0.25) is 0 Å². The normalized spacial score (nSPS) is 13.3. The molecule has 0 saturated heterocycles. The van der Waals surface area contributed by atoms with Crippen molar-refractivity contribution in [3.8, 4) is 28.2 Å². The van der Waals surface area contributed by atoms with Crippen molar-refractivity contribution < 1.29 is 0 Å². The molecule has 0 amide bonds. The molecule has 10 aromatic carbocycles. The standard InChI is InChI=1S/C70H53BN4S/c1-69(2,3)42-31-34-45(35-32-42)73-60-37-36-51(48-23-12-17-30-59(48)74-57-28-15-10-21-46(57)47-22-11-16-29-58(47)74)66-64(60)71(68-67(73)54-39-43(70(4,5)6)33-38-63(54)76-68)55-26-18-25-50-53-40-52-49-24-13-14-27-56(49)72(44-19-8-7-9-20-44)61(52)41-62(53)75(66)65(50)55/h7-41H,1-6H3. The molecule has 362 valence electrons. The predicted molar refractivity (Wildman–Crippen MR) is 327 cm³/mol. The average molecular weight is 993 g/mol. The van der Waals surface area contributed by atoms with Crippen molar-refractivity contribution in [2.24, 2.45) is 0 Å². The summed E-state index contributed by atoms with van der Waals surface area (Å²) in [6.07, 6.45) is 0. The summed E-state index contributed by atoms with van der Waals surface area (Å²) in [5, 5.41) is 8.88. The first-order chi connectivity index (χ1) is 37.0. The number of nitrogens with zero attached hydrogens (tertiary/aromatic N) is 4. The van der Waals surface area contributed by atoms with Crippen LogP contribution >= 0.6 is 11.3 Å². The zero-order valence-corrected chi connectivity index (χ0v) is 44.3. The number of hydrogen-bond donors (Lipinski definition) is 0. The number of benzene rings is 10. The van der Waals surface area contributed by atoms with Gasteiger partial charge in [-0.05, 0) is 112 Å². The second kappa shape index (κ2) is 15.5. The molecule has 0 radical (unpaired) electrons. The quantitative estimate of drug-likeness (QED) is 0.161. The molecule has 4 aromatic heterocycles. The average Bonchev–Trinajstić information content (AvgIpc) is 4.29. The zero-order valence-electron chi connectivity index (χ0n) is 43.5. The minimum absolute atomic E-state index is 0.0140. The second-order valence-corrected chi connectivity index (χ2v) is 24.4. The van der Waals surface area contributed by atoms with Gasteiger partial charge >= 0.3 is 0 Å². The van der Waals surface area contributed by atoms with Crippen LogP contribution in [0.25, 0.3) is 104 Å². The van der Waals surface area contributed by atoms with Crippen molar-refractivity contribution in [1.29, 1.82) is 0 Å². The van der Waals surface area contributed by atoms with Crippen molar-refractivity contribution >= 4 is 126 Å². The van der Waals surface area contributed by atoms with E-state index in [1.807, 2.05) is 11.3 Å². The molecule has 0 aliphatic carbocycles. The van der Waals surface area contributed by atoms with E-state index in [4.69, 9.17) is 0 Å². The summed E-state index contributed by atoms with van der Waals surface area (Å²) >= 11 is 1.98. The van der Waals surface area contributed by atoms with Crippen LogP contribution in [0.3, 0.4) is 0 Å². The van der Waals surface area contributed by atoms with Crippen LogP contribution < -0.4 is 20.6 Å². The first kappa shape index (κ1) is 43.8. The van der Waals surface area contributed by atoms with Crippen LogP contribution in [0.1, 0.15) is 52.7 Å². The molecule has 14 aromatic rings. The predicted octanol–water partition coefficient (Wildman–Crippen LogP) is 17.1. The van der Waals surface area contributed by atoms with E-state index in [0.29, 0.717) is 0 Å². The van der Waals surface area contributed by atoms with Crippen LogP contribution in [-0.4, -0.2) is 20.4 Å². The Morgan fingerprint density at radius 2 is 0.961 bits per heavy atom. The monoisotopic (exact) mass is 992 g/mol. The van der Waals surface area contributed by atoms with Crippen LogP contribution in [0.4, 0.5) is 17.1 Å². The summed E-state index contributed by atoms with van der Waals surface area (Å²) < 4.78 is 10.4. The number of para-hydroxylation sites is 6. The van der Waals surface area contributed by atoms with E-state index >= 15 is 0 Å². The summed E-state index contributed by atoms with van der Waals surface area (Å²) in [4.78, 5) is 2.63. The lowest BCUT2D eigenvalue weighted by atomic mass is 9.36. The molecule has 0 bridgehead atoms. The maximum Gasteiger partial charge on any atom is 0.264 e. The van der Waals surface area contributed by atoms with E-state index in [9.17, 15) is 0 Å². The Kier molecular flexibility index (Phi) is 8.93. The van der Waals surface area contributed by atoms with E-state index < -0.39 is 0 Å². The number of anilines is 3. The van der Waals surface area contributed by atoms with Gasteiger partial charge in [-0.25, -0.2) is 0 Å². The first-order valence-electron chi connectivity index (χ1n) is 26.8. The lowest BCUT2D eigenvalue weighted by Gasteiger charge is -2.40. The fourth-order valence-electron chi connectivity index (χ4n) is 13.4. The number of hydrogen-bond acceptors (Lipinski definition) is 2. The Bertz CT molecular complexity index is 4730. The molecule has 6 heterocycles. The van der Waals surface area contributed by atoms with Gasteiger partial charge in [0.1, 0.15) is 0 Å². The Labute approximate surface area is 446 Å². The van der Waals surface area contributed by atoms with Crippen molar-refractivity contribution in [1.82, 2.24) is 13.7 Å². The fraction of sp³-hybridized carbons (Fsp3) is 0.114. The molecule has 4 nitrogen and oxygen atoms in total. The number of aromatic nitrogens is 3. The highest BCUT2D eigenvalue weighted by atomic mass is 32.1. The topological polar surface area (TPSA) is 18.0 Å². The molecule has 16 rings (SSSR count). The highest BCUT2D eigenvalue weighted by molar-refractivity contribution is 7.33. The third-order valence-corrected chi connectivity index (χ3v) is 18.2. The van der Waals surface area contributed by atoms with Gasteiger partial charge < -0.3 is 18.6 Å². The molecule has 2 aliphatic rings. The van der Waals surface area contributed by atoms with E-state index in [-0.39, 0.29) is 17.5 Å². The van der Waals surface area contributed by atoms with Crippen molar-refractivity contribution in [3.63, 3.8) is 0 Å². The molecule has 0 atom stereocenters. The molecule has 2 aliphatic heterocycles. The van der Waals surface area contributed by atoms with Gasteiger partial charge in [-0.1, -0.05) is 175 Å². The summed E-state index contributed by atoms with van der Waals surface area (Å²) in [5.41, 5.74) is 22.3. The van der Waals surface area contributed by atoms with Gasteiger partial charge in [-0.15, -0.1) is 11.3 Å². The third kappa shape index (κ3) is 5.96. The Balaban J connectivity index is 1.08. The summed E-state index contributed by atoms with van der Waals surface area (Å²) in [6, 6.07) is 80.6. The molecule has 0 fully saturated rings. The zero-order chi connectivity index (χ0) is 50.9. The Hall–Kier alpha value is -8.58. The maximum absolute atomic E-state index is 2.69. The molecular weight excluding hydrogens is 940 g/mol. The third-order valence-electron chi connectivity index (χ3n) is 16.9. The van der Waals surface area contributed by atoms with Gasteiger partial charge in [0.25, 0.3) is 6.71 Å². The van der Waals surface area contributed by atoms with Crippen LogP contribution in [-0.2, 0) is 10.8 Å². The highest BCUT2D eigenvalue weighted by Gasteiger charge is 2.45. The molecule has 6 heteroatoms. The van der Waals surface area contributed by atoms with Gasteiger partial charge in [-0.2, -0.15) is 0 Å². The lowest BCUT2D eigenvalue weighted by molar-refractivity contribution is 0.590. The molecule has 0 saturated carbocycles. The Morgan fingerprint density at radius 1 is 0.368 bits per heavy atom. The van der Waals surface area contributed by atoms with E-state index in [1.165, 1.54) is 136 Å². The molecule has 76 heavy (non-hydrogen) atoms. The fourth-order valence-corrected chi connectivity index (χ4v) is 14.7. The van der Waals surface area contributed by atoms with E-state index in [0.717, 1.165) is 11.4 Å². The minimum atomic E-state index is -0.0326. The van der Waals surface area contributed by atoms with Crippen LogP contribution in [0.15, 0.2) is 212 Å². The maximum atomic E-state index is 2.69. The smallest absolute Gasteiger partial charge is 0.264 e. The molecule has 0 unspecified atom stereocenters. The van der Waals surface area contributed by atoms with Gasteiger partial charge in [0.05, 0.1) is 44.6 Å². The lowest BCUT2D eigenvalue weighted by Crippen LogP contribution is -2.59. The number of rotatable bonds is 4. The summed E-state index contributed by atoms with van der Waals surface area (Å²) in [7, 11) is 0. The van der Waals surface area contributed by atoms with Crippen molar-refractivity contribution in [3.05, 3.63) is 223 Å². The van der Waals surface area contributed by atoms with Crippen molar-refractivity contribution in [2.75, 3.05) is 4.90 Å². The van der Waals surface area contributed by atoms with Gasteiger partial charge in [0.15, 0.2) is 0 Å². The second-order valence-electron chi connectivity index (χ2n) is 23.3. The summed E-state index contributed by atoms with van der Waals surface area (Å²) in [5.74, 6) is 0. The highest BCUT2D eigenvalue weighted by Crippen LogP contribution is 2.50. The SMILES string of the molecule is CC(C)(C)c1ccc(N2c3ccc(-c4ccccc4-n4c5ccccc5c5ccccc54)c4c3B(c3sc5ccc(C(C)(C)C)cc5c32)c2cccc3c5cc6c7ccccc7n(-c7ccccc7)c6cc5n-4c23)cc1. The van der Waals surface area contributed by atoms with Crippen molar-refractivity contribution in [2.45, 2.75) is 52.4 Å². The van der Waals surface area contributed by atoms with Gasteiger partial charge in [0, 0.05) is 80.9 Å². The largest absolute Gasteiger partial charge is 0.310 e. The Morgan fingerprint density at radius 3 is 1.67 bits per heavy atom. The molecule has 0 N–H and O–H groups in total. The molecule has 0 spiro atoms. The number of thiophene rings is 1. The van der Waals surface area contributed by atoms with Gasteiger partial charge in [0.2, 0.25) is 0 Å². The first-order valence-corrected chi connectivity index (χ1v) is 27.6. The molecular formula is C70H53BN4S. The summed E-state index contributed by atoms with van der Waals surface area (Å²) in [6.45, 7) is 13.9. The van der Waals surface area contributed by atoms with Crippen LogP contribution in [0.5, 0.6) is 0 Å².